The number of alkyl halides is 3. The number of halogens is 5. The van der Waals surface area contributed by atoms with Crippen LogP contribution in [0.4, 0.5) is 22.0 Å². The Morgan fingerprint density at radius 1 is 1.05 bits per heavy atom. The molecule has 4 heterocycles. The summed E-state index contributed by atoms with van der Waals surface area (Å²) in [7, 11) is 0. The first-order valence-electron chi connectivity index (χ1n) is 13.5. The molecule has 4 aromatic rings. The SMILES string of the molecule is CCc1c(F)ccc2cc(O)cc(-c3ncc4c(OCC(F)(F)F)nc(OCC56CCCN5CCC6)nc4c3F)c12. The molecule has 2 fully saturated rings. The molecule has 0 amide bonds. The summed E-state index contributed by atoms with van der Waals surface area (Å²) in [6.45, 7) is 2.16. The predicted molar refractivity (Wildman–Crippen MR) is 141 cm³/mol. The van der Waals surface area contributed by atoms with Gasteiger partial charge in [-0.25, -0.2) is 8.78 Å². The van der Waals surface area contributed by atoms with Gasteiger partial charge in [0.15, 0.2) is 12.4 Å². The molecule has 41 heavy (non-hydrogen) atoms. The van der Waals surface area contributed by atoms with Crippen molar-refractivity contribution >= 4 is 21.7 Å². The lowest BCUT2D eigenvalue weighted by atomic mass is 9.94. The van der Waals surface area contributed by atoms with Gasteiger partial charge in [0.2, 0.25) is 5.88 Å². The van der Waals surface area contributed by atoms with E-state index in [-0.39, 0.29) is 52.5 Å². The number of rotatable bonds is 7. The molecule has 0 aliphatic carbocycles. The Balaban J connectivity index is 1.49. The zero-order valence-electron chi connectivity index (χ0n) is 22.2. The summed E-state index contributed by atoms with van der Waals surface area (Å²) < 4.78 is 81.0. The van der Waals surface area contributed by atoms with E-state index < -0.39 is 30.3 Å². The third-order valence-corrected chi connectivity index (χ3v) is 8.04. The molecule has 12 heteroatoms. The third kappa shape index (κ3) is 4.98. The van der Waals surface area contributed by atoms with Crippen molar-refractivity contribution in [3.63, 3.8) is 0 Å². The van der Waals surface area contributed by atoms with Gasteiger partial charge < -0.3 is 14.6 Å². The van der Waals surface area contributed by atoms with E-state index >= 15 is 4.39 Å². The van der Waals surface area contributed by atoms with Crippen molar-refractivity contribution < 1.29 is 36.5 Å². The smallest absolute Gasteiger partial charge is 0.422 e. The zero-order valence-corrected chi connectivity index (χ0v) is 22.2. The molecule has 1 N–H and O–H groups in total. The summed E-state index contributed by atoms with van der Waals surface area (Å²) in [5, 5.41) is 11.0. The molecule has 2 aromatic carbocycles. The van der Waals surface area contributed by atoms with Crippen LogP contribution in [0.1, 0.15) is 38.2 Å². The zero-order chi connectivity index (χ0) is 28.9. The van der Waals surface area contributed by atoms with E-state index in [2.05, 4.69) is 19.9 Å². The number of aryl methyl sites for hydroxylation is 1. The van der Waals surface area contributed by atoms with E-state index in [1.165, 1.54) is 24.3 Å². The lowest BCUT2D eigenvalue weighted by Crippen LogP contribution is -2.43. The van der Waals surface area contributed by atoms with Gasteiger partial charge in [-0.2, -0.15) is 23.1 Å². The Morgan fingerprint density at radius 3 is 2.51 bits per heavy atom. The molecule has 2 saturated heterocycles. The topological polar surface area (TPSA) is 80.6 Å². The number of phenolic OH excluding ortho intramolecular Hbond substituents is 1. The molecule has 2 aromatic heterocycles. The monoisotopic (exact) mass is 574 g/mol. The molecule has 0 bridgehead atoms. The number of nitrogens with zero attached hydrogens (tertiary/aromatic N) is 4. The minimum Gasteiger partial charge on any atom is -0.508 e. The molecular weight excluding hydrogens is 547 g/mol. The first-order chi connectivity index (χ1) is 19.6. The van der Waals surface area contributed by atoms with Crippen molar-refractivity contribution in [2.24, 2.45) is 0 Å². The van der Waals surface area contributed by atoms with Crippen LogP contribution in [0.3, 0.4) is 0 Å². The van der Waals surface area contributed by atoms with Crippen LogP contribution in [0.25, 0.3) is 32.9 Å². The van der Waals surface area contributed by atoms with Crippen molar-refractivity contribution in [2.45, 2.75) is 50.7 Å². The molecule has 0 unspecified atom stereocenters. The number of phenols is 1. The van der Waals surface area contributed by atoms with Crippen LogP contribution in [0.5, 0.6) is 17.6 Å². The maximum atomic E-state index is 16.3. The highest BCUT2D eigenvalue weighted by molar-refractivity contribution is 6.01. The minimum absolute atomic E-state index is 0.112. The molecule has 0 atom stereocenters. The largest absolute Gasteiger partial charge is 0.508 e. The quantitative estimate of drug-likeness (QED) is 0.258. The van der Waals surface area contributed by atoms with Crippen molar-refractivity contribution in [3.05, 3.63) is 47.7 Å². The normalized spacial score (nSPS) is 16.9. The van der Waals surface area contributed by atoms with E-state index in [1.807, 2.05) is 0 Å². The van der Waals surface area contributed by atoms with E-state index in [1.54, 1.807) is 6.92 Å². The van der Waals surface area contributed by atoms with E-state index in [9.17, 15) is 22.7 Å². The average Bonchev–Trinajstić information content (AvgIpc) is 3.51. The maximum absolute atomic E-state index is 16.3. The Kier molecular flexibility index (Phi) is 6.83. The lowest BCUT2D eigenvalue weighted by Gasteiger charge is -2.31. The van der Waals surface area contributed by atoms with Crippen LogP contribution >= 0.6 is 0 Å². The van der Waals surface area contributed by atoms with Crippen LogP contribution in [-0.4, -0.2) is 63.0 Å². The summed E-state index contributed by atoms with van der Waals surface area (Å²) in [6.07, 6.45) is 0.539. The van der Waals surface area contributed by atoms with Crippen LogP contribution < -0.4 is 9.47 Å². The maximum Gasteiger partial charge on any atom is 0.422 e. The van der Waals surface area contributed by atoms with Crippen LogP contribution in [0.2, 0.25) is 0 Å². The fourth-order valence-electron chi connectivity index (χ4n) is 6.22. The highest BCUT2D eigenvalue weighted by atomic mass is 19.4. The third-order valence-electron chi connectivity index (χ3n) is 8.04. The molecule has 0 spiro atoms. The number of pyridine rings is 1. The number of hydrogen-bond acceptors (Lipinski definition) is 7. The van der Waals surface area contributed by atoms with Gasteiger partial charge in [0.25, 0.3) is 0 Å². The van der Waals surface area contributed by atoms with Gasteiger partial charge in [-0.1, -0.05) is 13.0 Å². The number of benzene rings is 2. The van der Waals surface area contributed by atoms with Gasteiger partial charge in [-0.15, -0.1) is 0 Å². The second-order valence-corrected chi connectivity index (χ2v) is 10.6. The fourth-order valence-corrected chi connectivity index (χ4v) is 6.22. The van der Waals surface area contributed by atoms with Crippen LogP contribution in [0.15, 0.2) is 30.5 Å². The number of fused-ring (bicyclic) bond motifs is 3. The fraction of sp³-hybridized carbons (Fsp3) is 0.414. The first kappa shape index (κ1) is 27.4. The summed E-state index contributed by atoms with van der Waals surface area (Å²) in [5.41, 5.74) is -0.427. The van der Waals surface area contributed by atoms with Crippen molar-refractivity contribution in [1.82, 2.24) is 19.9 Å². The van der Waals surface area contributed by atoms with Gasteiger partial charge in [-0.05, 0) is 79.7 Å². The Hall–Kier alpha value is -3.80. The second-order valence-electron chi connectivity index (χ2n) is 10.6. The van der Waals surface area contributed by atoms with Crippen molar-refractivity contribution in [1.29, 1.82) is 0 Å². The molecule has 2 aliphatic heterocycles. The first-order valence-corrected chi connectivity index (χ1v) is 13.5. The Labute approximate surface area is 231 Å². The van der Waals surface area contributed by atoms with Crippen molar-refractivity contribution in [2.75, 3.05) is 26.3 Å². The Morgan fingerprint density at radius 2 is 1.80 bits per heavy atom. The number of ether oxygens (including phenoxy) is 2. The number of hydrogen-bond donors (Lipinski definition) is 1. The molecule has 6 rings (SSSR count). The van der Waals surface area contributed by atoms with Crippen molar-refractivity contribution in [3.8, 4) is 28.9 Å². The summed E-state index contributed by atoms with van der Waals surface area (Å²) in [5.74, 6) is -2.21. The molecular formula is C29H27F5N4O3. The molecule has 0 saturated carbocycles. The van der Waals surface area contributed by atoms with Crippen LogP contribution in [0, 0.1) is 11.6 Å². The van der Waals surface area contributed by atoms with Gasteiger partial charge in [0.05, 0.1) is 10.9 Å². The standard InChI is InChI=1S/C29H27F5N4O3/c1-2-18-21(30)6-5-16-11-17(39)12-19(22(16)18)24-23(31)25-20(13-35-24)26(40-15-29(32,33)34)37-27(36-25)41-14-28-7-3-9-38(28)10-4-8-28/h5-6,11-13,39H,2-4,7-10,14-15H2,1H3. The average molecular weight is 575 g/mol. The molecule has 2 aliphatic rings. The van der Waals surface area contributed by atoms with E-state index in [0.29, 0.717) is 16.3 Å². The van der Waals surface area contributed by atoms with E-state index in [0.717, 1.165) is 45.0 Å². The molecule has 216 valence electrons. The number of aromatic nitrogens is 3. The van der Waals surface area contributed by atoms with Gasteiger partial charge >= 0.3 is 12.2 Å². The minimum atomic E-state index is -4.67. The summed E-state index contributed by atoms with van der Waals surface area (Å²) >= 11 is 0. The second kappa shape index (κ2) is 10.2. The molecule has 0 radical (unpaired) electrons. The van der Waals surface area contributed by atoms with E-state index in [4.69, 9.17) is 9.47 Å². The van der Waals surface area contributed by atoms with Gasteiger partial charge in [0, 0.05) is 11.8 Å². The summed E-state index contributed by atoms with van der Waals surface area (Å²) in [6, 6.07) is 5.12. The van der Waals surface area contributed by atoms with Gasteiger partial charge in [0.1, 0.15) is 29.4 Å². The number of aromatic hydroxyl groups is 1. The summed E-state index contributed by atoms with van der Waals surface area (Å²) in [4.78, 5) is 14.8. The Bertz CT molecular complexity index is 1640. The molecule has 7 nitrogen and oxygen atoms in total. The van der Waals surface area contributed by atoms with Crippen LogP contribution in [-0.2, 0) is 6.42 Å². The highest BCUT2D eigenvalue weighted by Gasteiger charge is 2.45. The van der Waals surface area contributed by atoms with Gasteiger partial charge in [-0.3, -0.25) is 9.88 Å². The predicted octanol–water partition coefficient (Wildman–Crippen LogP) is 6.34. The highest BCUT2D eigenvalue weighted by Crippen LogP contribution is 2.41. The lowest BCUT2D eigenvalue weighted by molar-refractivity contribution is -0.153.